The molecule has 1 heterocycles. The van der Waals surface area contributed by atoms with Crippen molar-refractivity contribution >= 4 is 10.9 Å². The van der Waals surface area contributed by atoms with Gasteiger partial charge in [0.15, 0.2) is 0 Å². The highest BCUT2D eigenvalue weighted by Gasteiger charge is 2.01. The monoisotopic (exact) mass is 275 g/mol. The van der Waals surface area contributed by atoms with E-state index in [-0.39, 0.29) is 0 Å². The van der Waals surface area contributed by atoms with E-state index in [4.69, 9.17) is 4.74 Å². The maximum atomic E-state index is 5.52. The average molecular weight is 275 g/mol. The molecule has 2 nitrogen and oxygen atoms in total. The lowest BCUT2D eigenvalue weighted by Crippen LogP contribution is -1.94. The van der Waals surface area contributed by atoms with Crippen molar-refractivity contribution in [2.24, 2.45) is 0 Å². The van der Waals surface area contributed by atoms with Gasteiger partial charge < -0.3 is 9.30 Å². The molecule has 0 aliphatic rings. The number of hydrogen-bond donors (Lipinski definition) is 0. The van der Waals surface area contributed by atoms with Gasteiger partial charge >= 0.3 is 0 Å². The van der Waals surface area contributed by atoms with Crippen LogP contribution in [0.3, 0.4) is 0 Å². The Morgan fingerprint density at radius 1 is 1.05 bits per heavy atom. The molecule has 3 aromatic rings. The van der Waals surface area contributed by atoms with Crippen LogP contribution in [0.15, 0.2) is 60.8 Å². The first-order valence-corrected chi connectivity index (χ1v) is 7.12. The average Bonchev–Trinajstić information content (AvgIpc) is 2.91. The second-order valence-electron chi connectivity index (χ2n) is 4.77. The lowest BCUT2D eigenvalue weighted by Gasteiger charge is -2.04. The molecule has 0 N–H and O–H groups in total. The van der Waals surface area contributed by atoms with E-state index >= 15 is 0 Å². The quantitative estimate of drug-likeness (QED) is 0.657. The van der Waals surface area contributed by atoms with Crippen LogP contribution in [0.25, 0.3) is 10.9 Å². The smallest absolute Gasteiger partial charge is 0.120 e. The summed E-state index contributed by atoms with van der Waals surface area (Å²) in [4.78, 5) is 0. The summed E-state index contributed by atoms with van der Waals surface area (Å²) in [5.41, 5.74) is 2.23. The standard InChI is InChI=1S/C19H17NO/c1-2-21-18-10-11-19-17(15-18)12-14-20(19)13-6-9-16-7-4-3-5-8-16/h3-5,7-8,10-12,14-15H,2,13H2,1H3. The summed E-state index contributed by atoms with van der Waals surface area (Å²) in [6.07, 6.45) is 2.07. The van der Waals surface area contributed by atoms with Gasteiger partial charge in [0.1, 0.15) is 5.75 Å². The third-order valence-electron chi connectivity index (χ3n) is 3.31. The zero-order valence-corrected chi connectivity index (χ0v) is 12.0. The van der Waals surface area contributed by atoms with E-state index in [1.807, 2.05) is 43.3 Å². The Hall–Kier alpha value is -2.66. The number of aromatic nitrogens is 1. The third kappa shape index (κ3) is 3.09. The molecule has 0 aliphatic heterocycles. The molecular formula is C19H17NO. The second-order valence-corrected chi connectivity index (χ2v) is 4.77. The lowest BCUT2D eigenvalue weighted by atomic mass is 10.2. The number of hydrogen-bond acceptors (Lipinski definition) is 1. The molecule has 21 heavy (non-hydrogen) atoms. The Morgan fingerprint density at radius 3 is 2.71 bits per heavy atom. The molecule has 0 fully saturated rings. The SMILES string of the molecule is CCOc1ccc2c(ccn2CC#Cc2ccccc2)c1. The molecule has 0 saturated heterocycles. The molecule has 0 amide bonds. The molecule has 0 spiro atoms. The summed E-state index contributed by atoms with van der Waals surface area (Å²) in [5.74, 6) is 7.32. The lowest BCUT2D eigenvalue weighted by molar-refractivity contribution is 0.340. The van der Waals surface area contributed by atoms with Crippen LogP contribution in [0.4, 0.5) is 0 Å². The van der Waals surface area contributed by atoms with Gasteiger partial charge in [-0.3, -0.25) is 0 Å². The van der Waals surface area contributed by atoms with Crippen LogP contribution in [-0.2, 0) is 6.54 Å². The van der Waals surface area contributed by atoms with Crippen LogP contribution in [-0.4, -0.2) is 11.2 Å². The van der Waals surface area contributed by atoms with Crippen molar-refractivity contribution in [1.82, 2.24) is 4.57 Å². The topological polar surface area (TPSA) is 14.2 Å². The molecule has 0 atom stereocenters. The van der Waals surface area contributed by atoms with Gasteiger partial charge in [-0.15, -0.1) is 0 Å². The van der Waals surface area contributed by atoms with Crippen LogP contribution in [0.5, 0.6) is 5.75 Å². The minimum Gasteiger partial charge on any atom is -0.494 e. The second kappa shape index (κ2) is 6.19. The van der Waals surface area contributed by atoms with E-state index < -0.39 is 0 Å². The fourth-order valence-corrected chi connectivity index (χ4v) is 2.32. The van der Waals surface area contributed by atoms with Gasteiger partial charge in [-0.2, -0.15) is 0 Å². The highest BCUT2D eigenvalue weighted by Crippen LogP contribution is 2.21. The first-order valence-electron chi connectivity index (χ1n) is 7.12. The molecule has 104 valence electrons. The fourth-order valence-electron chi connectivity index (χ4n) is 2.32. The van der Waals surface area contributed by atoms with E-state index in [0.717, 1.165) is 11.3 Å². The fraction of sp³-hybridized carbons (Fsp3) is 0.158. The van der Waals surface area contributed by atoms with Crippen molar-refractivity contribution < 1.29 is 4.74 Å². The van der Waals surface area contributed by atoms with E-state index in [1.54, 1.807) is 0 Å². The summed E-state index contributed by atoms with van der Waals surface area (Å²) in [5, 5.41) is 1.18. The molecule has 2 heteroatoms. The summed E-state index contributed by atoms with van der Waals surface area (Å²) in [7, 11) is 0. The Bertz CT molecular complexity index is 791. The molecule has 0 unspecified atom stereocenters. The molecule has 0 bridgehead atoms. The Morgan fingerprint density at radius 2 is 1.90 bits per heavy atom. The first-order chi connectivity index (χ1) is 10.4. The molecule has 0 saturated carbocycles. The van der Waals surface area contributed by atoms with Gasteiger partial charge in [0.2, 0.25) is 0 Å². The predicted octanol–water partition coefficient (Wildman–Crippen LogP) is 4.09. The van der Waals surface area contributed by atoms with Crippen LogP contribution in [0.2, 0.25) is 0 Å². The van der Waals surface area contributed by atoms with E-state index in [2.05, 4.69) is 40.8 Å². The van der Waals surface area contributed by atoms with Crippen molar-refractivity contribution in [2.45, 2.75) is 13.5 Å². The molecule has 1 aromatic heterocycles. The molecule has 0 radical (unpaired) electrons. The van der Waals surface area contributed by atoms with Gasteiger partial charge in [-0.25, -0.2) is 0 Å². The normalized spacial score (nSPS) is 10.1. The number of ether oxygens (including phenoxy) is 1. The van der Waals surface area contributed by atoms with Crippen molar-refractivity contribution in [1.29, 1.82) is 0 Å². The van der Waals surface area contributed by atoms with Gasteiger partial charge in [-0.05, 0) is 43.3 Å². The zero-order chi connectivity index (χ0) is 14.5. The van der Waals surface area contributed by atoms with Crippen molar-refractivity contribution in [3.05, 3.63) is 66.4 Å². The number of benzene rings is 2. The summed E-state index contributed by atoms with van der Waals surface area (Å²) >= 11 is 0. The Kier molecular flexibility index (Phi) is 3.93. The number of fused-ring (bicyclic) bond motifs is 1. The van der Waals surface area contributed by atoms with Gasteiger partial charge in [-0.1, -0.05) is 30.0 Å². The van der Waals surface area contributed by atoms with Crippen LogP contribution >= 0.6 is 0 Å². The highest BCUT2D eigenvalue weighted by molar-refractivity contribution is 5.81. The van der Waals surface area contributed by atoms with Gasteiger partial charge in [0.05, 0.1) is 13.2 Å². The summed E-state index contributed by atoms with van der Waals surface area (Å²) in [6.45, 7) is 3.37. The minimum atomic E-state index is 0.687. The van der Waals surface area contributed by atoms with Crippen LogP contribution in [0.1, 0.15) is 12.5 Å². The summed E-state index contributed by atoms with van der Waals surface area (Å²) < 4.78 is 7.68. The Labute approximate surface area is 125 Å². The zero-order valence-electron chi connectivity index (χ0n) is 12.0. The Balaban J connectivity index is 1.80. The van der Waals surface area contributed by atoms with Crippen LogP contribution < -0.4 is 4.74 Å². The maximum Gasteiger partial charge on any atom is 0.120 e. The van der Waals surface area contributed by atoms with E-state index in [9.17, 15) is 0 Å². The van der Waals surface area contributed by atoms with Crippen molar-refractivity contribution in [3.8, 4) is 17.6 Å². The minimum absolute atomic E-state index is 0.687. The molecular weight excluding hydrogens is 258 g/mol. The van der Waals surface area contributed by atoms with E-state index in [1.165, 1.54) is 10.9 Å². The van der Waals surface area contributed by atoms with Crippen molar-refractivity contribution in [3.63, 3.8) is 0 Å². The van der Waals surface area contributed by atoms with E-state index in [0.29, 0.717) is 13.2 Å². The number of nitrogens with zero attached hydrogens (tertiary/aromatic N) is 1. The van der Waals surface area contributed by atoms with Gasteiger partial charge in [0.25, 0.3) is 0 Å². The first kappa shape index (κ1) is 13.3. The molecule has 3 rings (SSSR count). The third-order valence-corrected chi connectivity index (χ3v) is 3.31. The largest absolute Gasteiger partial charge is 0.494 e. The summed E-state index contributed by atoms with van der Waals surface area (Å²) in [6, 6.07) is 18.3. The van der Waals surface area contributed by atoms with Gasteiger partial charge in [0, 0.05) is 22.7 Å². The van der Waals surface area contributed by atoms with Crippen molar-refractivity contribution in [2.75, 3.05) is 6.61 Å². The predicted molar refractivity (Wildman–Crippen MR) is 86.4 cm³/mol. The molecule has 2 aromatic carbocycles. The number of rotatable bonds is 3. The maximum absolute atomic E-state index is 5.52. The highest BCUT2D eigenvalue weighted by atomic mass is 16.5. The van der Waals surface area contributed by atoms with Crippen LogP contribution in [0, 0.1) is 11.8 Å². The molecule has 0 aliphatic carbocycles.